The molecule has 11 heteroatoms. The molecule has 10 nitrogen and oxygen atoms in total. The van der Waals surface area contributed by atoms with E-state index in [1.807, 2.05) is 69.3 Å². The highest BCUT2D eigenvalue weighted by atomic mass is 32.2. The van der Waals surface area contributed by atoms with E-state index in [1.165, 1.54) is 0 Å². The van der Waals surface area contributed by atoms with Gasteiger partial charge >= 0.3 is 11.9 Å². The number of rotatable bonds is 11. The van der Waals surface area contributed by atoms with E-state index in [0.717, 1.165) is 39.1 Å². The number of hydrogen-bond donors (Lipinski definition) is 3. The quantitative estimate of drug-likeness (QED) is 0.112. The Balaban J connectivity index is 1.16. The topological polar surface area (TPSA) is 157 Å². The molecule has 0 fully saturated rings. The van der Waals surface area contributed by atoms with Crippen molar-refractivity contribution in [1.29, 1.82) is 0 Å². The van der Waals surface area contributed by atoms with Gasteiger partial charge in [-0.3, -0.25) is 14.6 Å². The number of sulfonamides is 1. The number of nitrogens with zero attached hydrogens (tertiary/aromatic N) is 1. The molecule has 1 aliphatic carbocycles. The number of carbonyl (C=O) groups excluding carboxylic acids is 1. The number of esters is 1. The number of nitrogens with two attached hydrogens (primary N) is 1. The summed E-state index contributed by atoms with van der Waals surface area (Å²) >= 11 is 0. The summed E-state index contributed by atoms with van der Waals surface area (Å²) in [6, 6.07) is 16.0. The fourth-order valence-corrected chi connectivity index (χ4v) is 8.12. The highest BCUT2D eigenvalue weighted by Crippen LogP contribution is 2.45. The van der Waals surface area contributed by atoms with E-state index in [0.29, 0.717) is 17.5 Å². The number of nitrogens with one attached hydrogen (secondary N) is 1. The SMILES string of the molecule is Cc1c(C)c(S(=O)(=O)NC(N)=NCCC[C@@H](CC(=O)OCC2c3ccccc3-c3ccccc32)C(=O)O)c(C)c2c1OC(C)(C)C2. The van der Waals surface area contributed by atoms with E-state index >= 15 is 0 Å². The maximum atomic E-state index is 13.4. The fourth-order valence-electron chi connectivity index (χ4n) is 6.59. The smallest absolute Gasteiger partial charge is 0.307 e. The fraction of sp³-hybridized carbons (Fsp3) is 0.400. The lowest BCUT2D eigenvalue weighted by atomic mass is 9.94. The number of guanidine groups is 1. The summed E-state index contributed by atoms with van der Waals surface area (Å²) < 4.78 is 40.8. The summed E-state index contributed by atoms with van der Waals surface area (Å²) in [5.74, 6) is -2.36. The van der Waals surface area contributed by atoms with Crippen molar-refractivity contribution in [3.63, 3.8) is 0 Å². The van der Waals surface area contributed by atoms with E-state index in [1.54, 1.807) is 13.8 Å². The zero-order chi connectivity index (χ0) is 33.4. The van der Waals surface area contributed by atoms with Crippen molar-refractivity contribution in [1.82, 2.24) is 4.72 Å². The Morgan fingerprint density at radius 3 is 2.26 bits per heavy atom. The minimum atomic E-state index is -4.05. The summed E-state index contributed by atoms with van der Waals surface area (Å²) in [6.07, 6.45) is 0.718. The largest absolute Gasteiger partial charge is 0.487 e. The second-order valence-corrected chi connectivity index (χ2v) is 14.3. The molecular formula is C35H41N3O7S. The molecule has 2 aliphatic rings. The average molecular weight is 648 g/mol. The van der Waals surface area contributed by atoms with E-state index in [9.17, 15) is 23.1 Å². The van der Waals surface area contributed by atoms with Crippen LogP contribution in [0.1, 0.15) is 72.4 Å². The molecule has 5 rings (SSSR count). The lowest BCUT2D eigenvalue weighted by Crippen LogP contribution is -2.37. The molecule has 46 heavy (non-hydrogen) atoms. The van der Waals surface area contributed by atoms with Gasteiger partial charge in [-0.15, -0.1) is 0 Å². The molecule has 0 aromatic heterocycles. The van der Waals surface area contributed by atoms with Crippen LogP contribution in [0.3, 0.4) is 0 Å². The Labute approximate surface area is 270 Å². The van der Waals surface area contributed by atoms with Crippen molar-refractivity contribution in [2.45, 2.75) is 76.7 Å². The highest BCUT2D eigenvalue weighted by Gasteiger charge is 2.37. The molecule has 4 N–H and O–H groups in total. The van der Waals surface area contributed by atoms with Crippen LogP contribution in [0.2, 0.25) is 0 Å². The van der Waals surface area contributed by atoms with Gasteiger partial charge in [-0.2, -0.15) is 0 Å². The maximum Gasteiger partial charge on any atom is 0.307 e. The number of fused-ring (bicyclic) bond motifs is 4. The van der Waals surface area contributed by atoms with Gasteiger partial charge in [0.15, 0.2) is 0 Å². The van der Waals surface area contributed by atoms with Gasteiger partial charge in [0.1, 0.15) is 18.0 Å². The molecule has 0 unspecified atom stereocenters. The Morgan fingerprint density at radius 1 is 1.04 bits per heavy atom. The molecule has 0 saturated carbocycles. The minimum Gasteiger partial charge on any atom is -0.487 e. The van der Waals surface area contributed by atoms with Crippen LogP contribution in [-0.4, -0.2) is 50.2 Å². The maximum absolute atomic E-state index is 13.4. The zero-order valence-corrected chi connectivity index (χ0v) is 27.7. The average Bonchev–Trinajstić information content (AvgIpc) is 3.50. The van der Waals surface area contributed by atoms with E-state index in [-0.39, 0.29) is 49.2 Å². The van der Waals surface area contributed by atoms with Gasteiger partial charge in [-0.05, 0) is 86.4 Å². The monoisotopic (exact) mass is 647 g/mol. The third-order valence-electron chi connectivity index (χ3n) is 8.93. The van der Waals surface area contributed by atoms with Crippen LogP contribution in [0.15, 0.2) is 58.4 Å². The molecule has 1 aliphatic heterocycles. The molecular weight excluding hydrogens is 606 g/mol. The Bertz CT molecular complexity index is 1790. The van der Waals surface area contributed by atoms with E-state index in [4.69, 9.17) is 15.2 Å². The summed E-state index contributed by atoms with van der Waals surface area (Å²) in [5, 5.41) is 9.75. The molecule has 3 aromatic rings. The Morgan fingerprint density at radius 2 is 1.65 bits per heavy atom. The summed E-state index contributed by atoms with van der Waals surface area (Å²) in [7, 11) is -4.05. The normalized spacial score (nSPS) is 15.8. The van der Waals surface area contributed by atoms with Crippen molar-refractivity contribution in [2.24, 2.45) is 16.6 Å². The number of carbonyl (C=O) groups is 2. The number of carboxylic acid groups (broad SMARTS) is 1. The summed E-state index contributed by atoms with van der Waals surface area (Å²) in [5.41, 5.74) is 12.7. The van der Waals surface area contributed by atoms with Gasteiger partial charge in [0, 0.05) is 24.4 Å². The van der Waals surface area contributed by atoms with Gasteiger partial charge in [-0.1, -0.05) is 48.5 Å². The van der Waals surface area contributed by atoms with E-state index < -0.39 is 33.5 Å². The number of hydrogen-bond acceptors (Lipinski definition) is 7. The number of carboxylic acids is 1. The zero-order valence-electron chi connectivity index (χ0n) is 26.8. The lowest BCUT2D eigenvalue weighted by molar-refractivity contribution is -0.152. The third-order valence-corrected chi connectivity index (χ3v) is 10.6. The molecule has 3 aromatic carbocycles. The number of aliphatic imine (C=N–C) groups is 1. The molecule has 1 heterocycles. The molecule has 0 radical (unpaired) electrons. The van der Waals surface area contributed by atoms with Crippen LogP contribution in [0.5, 0.6) is 5.75 Å². The van der Waals surface area contributed by atoms with Crippen molar-refractivity contribution in [2.75, 3.05) is 13.2 Å². The van der Waals surface area contributed by atoms with Crippen molar-refractivity contribution in [3.8, 4) is 16.9 Å². The van der Waals surface area contributed by atoms with Gasteiger partial charge in [0.05, 0.1) is 17.2 Å². The predicted octanol–water partition coefficient (Wildman–Crippen LogP) is 5.15. The first-order chi connectivity index (χ1) is 21.7. The van der Waals surface area contributed by atoms with Crippen molar-refractivity contribution >= 4 is 27.9 Å². The Hall–Kier alpha value is -4.38. The molecule has 0 amide bonds. The number of benzene rings is 3. The van der Waals surface area contributed by atoms with Gasteiger partial charge in [-0.25, -0.2) is 13.1 Å². The standard InChI is InChI=1S/C35H41N3O7S/c1-20-21(2)32(22(3)28-18-35(4,5)45-31(20)28)46(42,43)38-34(36)37-16-10-11-23(33(40)41)17-30(39)44-19-29-26-14-8-6-12-24(26)25-13-7-9-15-27(25)29/h6-9,12-15,23,29H,10-11,16-19H2,1-5H3,(H,40,41)(H3,36,37,38)/t23-/m0/s1. The van der Waals surface area contributed by atoms with Crippen LogP contribution >= 0.6 is 0 Å². The highest BCUT2D eigenvalue weighted by molar-refractivity contribution is 7.90. The minimum absolute atomic E-state index is 0.0754. The lowest BCUT2D eigenvalue weighted by Gasteiger charge is -2.19. The first-order valence-corrected chi connectivity index (χ1v) is 16.9. The third kappa shape index (κ3) is 6.60. The molecule has 0 spiro atoms. The number of ether oxygens (including phenoxy) is 2. The second-order valence-electron chi connectivity index (χ2n) is 12.7. The van der Waals surface area contributed by atoms with Gasteiger partial charge in [0.25, 0.3) is 10.0 Å². The van der Waals surface area contributed by atoms with Crippen LogP contribution < -0.4 is 15.2 Å². The van der Waals surface area contributed by atoms with Crippen LogP contribution in [-0.2, 0) is 30.8 Å². The van der Waals surface area contributed by atoms with Crippen molar-refractivity contribution < 1.29 is 32.6 Å². The molecule has 0 saturated heterocycles. The first kappa shape index (κ1) is 33.0. The second kappa shape index (κ2) is 12.8. The van der Waals surface area contributed by atoms with Crippen molar-refractivity contribution in [3.05, 3.63) is 81.9 Å². The summed E-state index contributed by atoms with van der Waals surface area (Å²) in [6.45, 7) is 9.46. The van der Waals surface area contributed by atoms with Gasteiger partial charge in [0.2, 0.25) is 5.96 Å². The molecule has 1 atom stereocenters. The molecule has 0 bridgehead atoms. The van der Waals surface area contributed by atoms with Crippen LogP contribution in [0.25, 0.3) is 11.1 Å². The Kier molecular flexibility index (Phi) is 9.17. The number of aliphatic carboxylic acids is 1. The van der Waals surface area contributed by atoms with Crippen LogP contribution in [0, 0.1) is 26.7 Å². The first-order valence-electron chi connectivity index (χ1n) is 15.4. The summed E-state index contributed by atoms with van der Waals surface area (Å²) in [4.78, 5) is 29.0. The predicted molar refractivity (Wildman–Crippen MR) is 176 cm³/mol. The van der Waals surface area contributed by atoms with E-state index in [2.05, 4.69) is 9.71 Å². The molecule has 244 valence electrons. The van der Waals surface area contributed by atoms with Crippen LogP contribution in [0.4, 0.5) is 0 Å². The van der Waals surface area contributed by atoms with Gasteiger partial charge < -0.3 is 20.3 Å².